The number of rotatable bonds is 6. The first kappa shape index (κ1) is 13.2. The Balaban J connectivity index is 2.58. The van der Waals surface area contributed by atoms with Gasteiger partial charge in [0.1, 0.15) is 0 Å². The molecule has 0 aliphatic carbocycles. The fourth-order valence-corrected chi connectivity index (χ4v) is 2.24. The lowest BCUT2D eigenvalue weighted by molar-refractivity contribution is 0.393. The Labute approximate surface area is 100 Å². The Hall–Kier alpha value is -0.820. The molecule has 0 bridgehead atoms. The van der Waals surface area contributed by atoms with Gasteiger partial charge in [-0.3, -0.25) is 0 Å². The minimum Gasteiger partial charge on any atom is -0.327 e. The van der Waals surface area contributed by atoms with Crippen LogP contribution in [0.2, 0.25) is 0 Å². The summed E-state index contributed by atoms with van der Waals surface area (Å²) in [5, 5.41) is 0. The highest BCUT2D eigenvalue weighted by molar-refractivity contribution is 5.23. The van der Waals surface area contributed by atoms with E-state index in [0.29, 0.717) is 12.0 Å². The molecule has 0 aliphatic heterocycles. The normalized spacial score (nSPS) is 13.1. The molecule has 2 N–H and O–H groups in total. The van der Waals surface area contributed by atoms with Gasteiger partial charge in [-0.15, -0.1) is 0 Å². The lowest BCUT2D eigenvalue weighted by atomic mass is 9.90. The monoisotopic (exact) mass is 219 g/mol. The topological polar surface area (TPSA) is 26.0 Å². The highest BCUT2D eigenvalue weighted by Crippen LogP contribution is 2.16. The van der Waals surface area contributed by atoms with E-state index in [1.165, 1.54) is 24.0 Å². The molecule has 1 aromatic carbocycles. The smallest absolute Gasteiger partial charge is 0.0108 e. The third-order valence-electron chi connectivity index (χ3n) is 3.56. The van der Waals surface area contributed by atoms with Gasteiger partial charge in [-0.1, -0.05) is 57.9 Å². The van der Waals surface area contributed by atoms with E-state index in [1.807, 2.05) is 0 Å². The molecular formula is C15H25N. The largest absolute Gasteiger partial charge is 0.327 e. The predicted molar refractivity (Wildman–Crippen MR) is 71.6 cm³/mol. The maximum absolute atomic E-state index is 6.24. The van der Waals surface area contributed by atoms with Crippen LogP contribution in [0.15, 0.2) is 24.3 Å². The molecule has 0 saturated heterocycles. The number of benzene rings is 1. The summed E-state index contributed by atoms with van der Waals surface area (Å²) < 4.78 is 0. The lowest BCUT2D eigenvalue weighted by Gasteiger charge is -2.21. The Morgan fingerprint density at radius 2 is 1.44 bits per heavy atom. The molecule has 0 aromatic heterocycles. The molecule has 1 rings (SSSR count). The Kier molecular flexibility index (Phi) is 5.54. The van der Waals surface area contributed by atoms with E-state index in [4.69, 9.17) is 5.73 Å². The van der Waals surface area contributed by atoms with E-state index in [2.05, 4.69) is 45.0 Å². The number of nitrogens with two attached hydrogens (primary N) is 1. The van der Waals surface area contributed by atoms with Crippen molar-refractivity contribution in [1.82, 2.24) is 0 Å². The zero-order valence-corrected chi connectivity index (χ0v) is 10.9. The van der Waals surface area contributed by atoms with Gasteiger partial charge in [-0.2, -0.15) is 0 Å². The van der Waals surface area contributed by atoms with Crippen molar-refractivity contribution in [1.29, 1.82) is 0 Å². The maximum Gasteiger partial charge on any atom is 0.0108 e. The van der Waals surface area contributed by atoms with E-state index in [0.717, 1.165) is 12.8 Å². The van der Waals surface area contributed by atoms with Crippen LogP contribution < -0.4 is 5.73 Å². The summed E-state index contributed by atoms with van der Waals surface area (Å²) >= 11 is 0. The number of aryl methyl sites for hydroxylation is 1. The summed E-state index contributed by atoms with van der Waals surface area (Å²) in [6.07, 6.45) is 4.49. The van der Waals surface area contributed by atoms with E-state index in [9.17, 15) is 0 Å². The van der Waals surface area contributed by atoms with E-state index in [-0.39, 0.29) is 0 Å². The van der Waals surface area contributed by atoms with Crippen LogP contribution in [0, 0.1) is 5.92 Å². The molecule has 1 nitrogen and oxygen atoms in total. The zero-order valence-electron chi connectivity index (χ0n) is 10.9. The van der Waals surface area contributed by atoms with E-state index < -0.39 is 0 Å². The average molecular weight is 219 g/mol. The maximum atomic E-state index is 6.24. The second-order valence-corrected chi connectivity index (χ2v) is 4.61. The highest BCUT2D eigenvalue weighted by Gasteiger charge is 2.14. The summed E-state index contributed by atoms with van der Waals surface area (Å²) in [5.74, 6) is 0.658. The van der Waals surface area contributed by atoms with Crippen molar-refractivity contribution in [3.8, 4) is 0 Å². The van der Waals surface area contributed by atoms with Crippen molar-refractivity contribution < 1.29 is 0 Å². The van der Waals surface area contributed by atoms with Crippen LogP contribution >= 0.6 is 0 Å². The van der Waals surface area contributed by atoms with Crippen LogP contribution in [0.5, 0.6) is 0 Å². The molecule has 0 saturated carbocycles. The molecule has 16 heavy (non-hydrogen) atoms. The summed E-state index contributed by atoms with van der Waals surface area (Å²) in [6, 6.07) is 9.19. The molecule has 0 amide bonds. The molecular weight excluding hydrogens is 194 g/mol. The SMILES string of the molecule is CCc1ccc(CC(N)C(CC)CC)cc1. The summed E-state index contributed by atoms with van der Waals surface area (Å²) in [4.78, 5) is 0. The summed E-state index contributed by atoms with van der Waals surface area (Å²) in [7, 11) is 0. The van der Waals surface area contributed by atoms with Crippen molar-refractivity contribution in [3.63, 3.8) is 0 Å². The quantitative estimate of drug-likeness (QED) is 0.778. The minimum atomic E-state index is 0.308. The lowest BCUT2D eigenvalue weighted by Crippen LogP contribution is -2.31. The van der Waals surface area contributed by atoms with Gasteiger partial charge < -0.3 is 5.73 Å². The van der Waals surface area contributed by atoms with Gasteiger partial charge in [-0.25, -0.2) is 0 Å². The number of hydrogen-bond donors (Lipinski definition) is 1. The molecule has 1 aromatic rings. The van der Waals surface area contributed by atoms with Gasteiger partial charge in [0.25, 0.3) is 0 Å². The molecule has 0 spiro atoms. The van der Waals surface area contributed by atoms with Crippen molar-refractivity contribution in [2.75, 3.05) is 0 Å². The second-order valence-electron chi connectivity index (χ2n) is 4.61. The van der Waals surface area contributed by atoms with Crippen LogP contribution in [0.1, 0.15) is 44.7 Å². The van der Waals surface area contributed by atoms with Gasteiger partial charge in [0, 0.05) is 6.04 Å². The Morgan fingerprint density at radius 1 is 0.938 bits per heavy atom. The molecule has 0 radical (unpaired) electrons. The first-order valence-electron chi connectivity index (χ1n) is 6.54. The highest BCUT2D eigenvalue weighted by atomic mass is 14.6. The molecule has 1 atom stereocenters. The minimum absolute atomic E-state index is 0.308. The fraction of sp³-hybridized carbons (Fsp3) is 0.600. The van der Waals surface area contributed by atoms with Crippen LogP contribution in [0.4, 0.5) is 0 Å². The molecule has 1 heteroatoms. The van der Waals surface area contributed by atoms with Crippen LogP contribution in [0.25, 0.3) is 0 Å². The van der Waals surface area contributed by atoms with Crippen molar-refractivity contribution in [2.24, 2.45) is 11.7 Å². The van der Waals surface area contributed by atoms with Crippen molar-refractivity contribution >= 4 is 0 Å². The number of hydrogen-bond acceptors (Lipinski definition) is 1. The van der Waals surface area contributed by atoms with Crippen molar-refractivity contribution in [3.05, 3.63) is 35.4 Å². The van der Waals surface area contributed by atoms with E-state index in [1.54, 1.807) is 0 Å². The Bertz CT molecular complexity index is 285. The van der Waals surface area contributed by atoms with Crippen LogP contribution in [-0.4, -0.2) is 6.04 Å². The van der Waals surface area contributed by atoms with Crippen LogP contribution in [-0.2, 0) is 12.8 Å². The third kappa shape index (κ3) is 3.64. The molecule has 1 unspecified atom stereocenters. The first-order chi connectivity index (χ1) is 7.71. The molecule has 0 heterocycles. The second kappa shape index (κ2) is 6.70. The first-order valence-corrected chi connectivity index (χ1v) is 6.54. The van der Waals surface area contributed by atoms with Gasteiger partial charge in [-0.05, 0) is 29.9 Å². The fourth-order valence-electron chi connectivity index (χ4n) is 2.24. The molecule has 90 valence electrons. The average Bonchev–Trinajstić information content (AvgIpc) is 2.31. The summed E-state index contributed by atoms with van der Waals surface area (Å²) in [6.45, 7) is 6.65. The standard InChI is InChI=1S/C15H25N/c1-4-12-7-9-13(10-8-12)11-15(16)14(5-2)6-3/h7-10,14-15H,4-6,11,16H2,1-3H3. The van der Waals surface area contributed by atoms with Crippen molar-refractivity contribution in [2.45, 2.75) is 52.5 Å². The van der Waals surface area contributed by atoms with Gasteiger partial charge in [0.15, 0.2) is 0 Å². The predicted octanol–water partition coefficient (Wildman–Crippen LogP) is 3.56. The summed E-state index contributed by atoms with van der Waals surface area (Å²) in [5.41, 5.74) is 9.02. The van der Waals surface area contributed by atoms with Gasteiger partial charge in [0.2, 0.25) is 0 Å². The molecule has 0 fully saturated rings. The van der Waals surface area contributed by atoms with Gasteiger partial charge in [0.05, 0.1) is 0 Å². The molecule has 0 aliphatic rings. The Morgan fingerprint density at radius 3 is 1.88 bits per heavy atom. The van der Waals surface area contributed by atoms with Crippen LogP contribution in [0.3, 0.4) is 0 Å². The van der Waals surface area contributed by atoms with Gasteiger partial charge >= 0.3 is 0 Å². The third-order valence-corrected chi connectivity index (χ3v) is 3.56. The zero-order chi connectivity index (χ0) is 12.0. The van der Waals surface area contributed by atoms with E-state index >= 15 is 0 Å².